The SMILES string of the molecule is CCCCCCCCCCCCCCCCCC[NH+](CCCCCCCCCCCCCCCC)c1ccccc1C.Fc1c(F)c(F)c([B-](c2c(F)c(F)c(F)c(F)c2F)(c2c(F)c(F)c(F)c(F)c2F)c2c(F)c(F)c(F)c(F)c2F)c(F)c1F. The van der Waals surface area contributed by atoms with Gasteiger partial charge in [-0.15, -0.1) is 21.9 Å². The molecular formula is C65H78BF20N. The van der Waals surface area contributed by atoms with Crippen LogP contribution in [-0.2, 0) is 0 Å². The molecule has 0 aliphatic rings. The maximum atomic E-state index is 15.4. The maximum Gasteiger partial charge on any atom is 0.200 e. The molecule has 1 unspecified atom stereocenters. The Kier molecular flexibility index (Phi) is 31.6. The zero-order valence-electron chi connectivity index (χ0n) is 49.6. The molecule has 1 nitrogen and oxygen atoms in total. The van der Waals surface area contributed by atoms with Crippen LogP contribution < -0.4 is 26.8 Å². The Hall–Kier alpha value is -5.28. The van der Waals surface area contributed by atoms with Gasteiger partial charge < -0.3 is 4.90 Å². The molecule has 1 atom stereocenters. The monoisotopic (exact) mass is 1260 g/mol. The van der Waals surface area contributed by atoms with Gasteiger partial charge in [0.2, 0.25) is 0 Å². The fourth-order valence-electron chi connectivity index (χ4n) is 11.7. The molecule has 0 saturated heterocycles. The van der Waals surface area contributed by atoms with Crippen molar-refractivity contribution in [1.29, 1.82) is 0 Å². The van der Waals surface area contributed by atoms with Crippen molar-refractivity contribution >= 4 is 33.7 Å². The van der Waals surface area contributed by atoms with Crippen LogP contribution in [0.2, 0.25) is 0 Å². The molecule has 0 spiro atoms. The van der Waals surface area contributed by atoms with E-state index in [4.69, 9.17) is 0 Å². The van der Waals surface area contributed by atoms with Gasteiger partial charge in [0.15, 0.2) is 69.8 Å². The standard InChI is InChI=1S/C41H77N.C24BF20/c1-4-6-8-10-12-14-16-18-20-21-23-25-27-29-31-35-39-42(41-37-33-32-36-40(41)3)38-34-30-28-26-24-22-19-17-15-13-11-9-7-5-2;26-5-1(6(27)14(35)21(42)13(5)34)25(2-7(28)15(36)22(43)16(37)8(2)29,3-9(30)17(38)23(44)18(39)10(3)31)4-11(32)19(40)24(45)20(41)12(4)33/h32-33,36-37H,4-31,34-35,38-39H2,1-3H3;/q;-1/p+1. The Morgan fingerprint density at radius 1 is 0.241 bits per heavy atom. The van der Waals surface area contributed by atoms with Crippen LogP contribution in [0.1, 0.15) is 212 Å². The average molecular weight is 1260 g/mol. The van der Waals surface area contributed by atoms with Crippen LogP contribution in [0.25, 0.3) is 0 Å². The van der Waals surface area contributed by atoms with E-state index in [9.17, 15) is 52.7 Å². The Morgan fingerprint density at radius 3 is 0.609 bits per heavy atom. The number of hydrogen-bond donors (Lipinski definition) is 1. The Labute approximate surface area is 497 Å². The second kappa shape index (κ2) is 37.0. The number of benzene rings is 5. The van der Waals surface area contributed by atoms with Crippen molar-refractivity contribution in [3.05, 3.63) is 146 Å². The van der Waals surface area contributed by atoms with Crippen LogP contribution >= 0.6 is 0 Å². The lowest BCUT2D eigenvalue weighted by Crippen LogP contribution is -3.07. The van der Waals surface area contributed by atoms with E-state index in [1.807, 2.05) is 0 Å². The van der Waals surface area contributed by atoms with E-state index in [0.717, 1.165) is 0 Å². The van der Waals surface area contributed by atoms with Crippen LogP contribution in [0.5, 0.6) is 0 Å². The minimum absolute atomic E-state index is 1.32. The van der Waals surface area contributed by atoms with E-state index in [0.29, 0.717) is 0 Å². The highest BCUT2D eigenvalue weighted by Crippen LogP contribution is 2.31. The molecule has 0 bridgehead atoms. The first-order chi connectivity index (χ1) is 41.5. The first-order valence-corrected chi connectivity index (χ1v) is 30.6. The third kappa shape index (κ3) is 18.7. The number of quaternary nitrogens is 1. The summed E-state index contributed by atoms with van der Waals surface area (Å²) in [7, 11) is 0. The minimum Gasteiger partial charge on any atom is -0.302 e. The van der Waals surface area contributed by atoms with Crippen molar-refractivity contribution in [2.45, 2.75) is 213 Å². The Balaban J connectivity index is 0.000000374. The van der Waals surface area contributed by atoms with E-state index in [2.05, 4.69) is 45.0 Å². The maximum absolute atomic E-state index is 15.4. The molecule has 0 aliphatic carbocycles. The summed E-state index contributed by atoms with van der Waals surface area (Å²) in [6, 6.07) is 9.16. The lowest BCUT2D eigenvalue weighted by atomic mass is 9.12. The van der Waals surface area contributed by atoms with E-state index < -0.39 is 144 Å². The Bertz CT molecular complexity index is 2590. The third-order valence-electron chi connectivity index (χ3n) is 16.4. The molecule has 1 N–H and O–H groups in total. The molecule has 0 saturated carbocycles. The first-order valence-electron chi connectivity index (χ1n) is 30.6. The van der Waals surface area contributed by atoms with Crippen molar-refractivity contribution in [2.24, 2.45) is 0 Å². The topological polar surface area (TPSA) is 4.44 Å². The highest BCUT2D eigenvalue weighted by molar-refractivity contribution is 7.20. The third-order valence-corrected chi connectivity index (χ3v) is 16.4. The molecule has 0 fully saturated rings. The highest BCUT2D eigenvalue weighted by atomic mass is 19.2. The molecule has 0 amide bonds. The van der Waals surface area contributed by atoms with E-state index in [1.54, 1.807) is 10.6 Å². The number of halogens is 20. The number of unbranched alkanes of at least 4 members (excludes halogenated alkanes) is 28. The van der Waals surface area contributed by atoms with Crippen LogP contribution in [0, 0.1) is 123 Å². The summed E-state index contributed by atoms with van der Waals surface area (Å²) in [5.41, 5.74) is -11.3. The largest absolute Gasteiger partial charge is 0.302 e. The molecule has 22 heteroatoms. The molecule has 0 radical (unpaired) electrons. The quantitative estimate of drug-likeness (QED) is 0.0133. The fourth-order valence-corrected chi connectivity index (χ4v) is 11.7. The molecule has 87 heavy (non-hydrogen) atoms. The summed E-state index contributed by atoms with van der Waals surface area (Å²) < 4.78 is 294. The normalized spacial score (nSPS) is 12.1. The lowest BCUT2D eigenvalue weighted by Gasteiger charge is -2.44. The van der Waals surface area contributed by atoms with Crippen LogP contribution in [-0.4, -0.2) is 19.2 Å². The first kappa shape index (κ1) is 74.2. The fraction of sp³-hybridized carbons (Fsp3) is 0.538. The zero-order valence-corrected chi connectivity index (χ0v) is 49.6. The van der Waals surface area contributed by atoms with Gasteiger partial charge in [0.05, 0.1) is 13.1 Å². The molecule has 0 aliphatic heterocycles. The molecular weight excluding hydrogens is 1190 g/mol. The van der Waals surface area contributed by atoms with Gasteiger partial charge in [-0.25, -0.2) is 87.8 Å². The molecule has 5 aromatic rings. The van der Waals surface area contributed by atoms with Crippen molar-refractivity contribution in [3.8, 4) is 0 Å². The minimum atomic E-state index is -7.22. The summed E-state index contributed by atoms with van der Waals surface area (Å²) in [6.07, 6.45) is 36.3. The van der Waals surface area contributed by atoms with E-state index in [1.165, 1.54) is 211 Å². The summed E-state index contributed by atoms with van der Waals surface area (Å²) in [6.45, 7) is 9.57. The van der Waals surface area contributed by atoms with Gasteiger partial charge in [0, 0.05) is 5.56 Å². The zero-order chi connectivity index (χ0) is 64.5. The van der Waals surface area contributed by atoms with Crippen LogP contribution in [0.15, 0.2) is 24.3 Å². The predicted octanol–water partition coefficient (Wildman–Crippen LogP) is 19.1. The van der Waals surface area contributed by atoms with Crippen molar-refractivity contribution in [1.82, 2.24) is 0 Å². The molecule has 5 aromatic carbocycles. The van der Waals surface area contributed by atoms with E-state index >= 15 is 35.1 Å². The van der Waals surface area contributed by atoms with Gasteiger partial charge in [-0.1, -0.05) is 199 Å². The molecule has 486 valence electrons. The van der Waals surface area contributed by atoms with Crippen LogP contribution in [0.4, 0.5) is 93.5 Å². The smallest absolute Gasteiger partial charge is 0.200 e. The summed E-state index contributed by atoms with van der Waals surface area (Å²) in [4.78, 5) is 1.75. The summed E-state index contributed by atoms with van der Waals surface area (Å²) in [5.74, 6) is -71.4. The van der Waals surface area contributed by atoms with Gasteiger partial charge in [-0.05, 0) is 38.7 Å². The second-order valence-corrected chi connectivity index (χ2v) is 22.6. The van der Waals surface area contributed by atoms with Gasteiger partial charge in [-0.3, -0.25) is 0 Å². The molecule has 0 aromatic heterocycles. The molecule has 0 heterocycles. The van der Waals surface area contributed by atoms with E-state index in [-0.39, 0.29) is 0 Å². The number of rotatable bonds is 37. The highest BCUT2D eigenvalue weighted by Gasteiger charge is 2.52. The van der Waals surface area contributed by atoms with Crippen LogP contribution in [0.3, 0.4) is 0 Å². The lowest BCUT2D eigenvalue weighted by molar-refractivity contribution is -0.833. The van der Waals surface area contributed by atoms with Gasteiger partial charge in [0.25, 0.3) is 0 Å². The number of para-hydroxylation sites is 1. The summed E-state index contributed by atoms with van der Waals surface area (Å²) in [5, 5.41) is 0. The molecule has 5 rings (SSSR count). The second-order valence-electron chi connectivity index (χ2n) is 22.6. The van der Waals surface area contributed by atoms with Gasteiger partial charge in [-0.2, -0.15) is 0 Å². The summed E-state index contributed by atoms with van der Waals surface area (Å²) >= 11 is 0. The Morgan fingerprint density at radius 2 is 0.414 bits per heavy atom. The van der Waals surface area contributed by atoms with Gasteiger partial charge in [0.1, 0.15) is 58.4 Å². The average Bonchev–Trinajstić information content (AvgIpc) is 0.686. The van der Waals surface area contributed by atoms with Gasteiger partial charge >= 0.3 is 0 Å². The number of nitrogens with one attached hydrogen (secondary N) is 1. The predicted molar refractivity (Wildman–Crippen MR) is 301 cm³/mol. The number of hydrogen-bond acceptors (Lipinski definition) is 0. The van der Waals surface area contributed by atoms with Crippen molar-refractivity contribution in [3.63, 3.8) is 0 Å². The van der Waals surface area contributed by atoms with Crippen molar-refractivity contribution in [2.75, 3.05) is 13.1 Å². The number of aryl methyl sites for hydroxylation is 1. The van der Waals surface area contributed by atoms with Crippen molar-refractivity contribution < 1.29 is 92.7 Å².